The fraction of sp³-hybridized carbons (Fsp3) is 0.333. The molecule has 0 saturated heterocycles. The Kier molecular flexibility index (Phi) is 5.01. The van der Waals surface area contributed by atoms with Crippen molar-refractivity contribution < 1.29 is 24.4 Å². The van der Waals surface area contributed by atoms with Crippen LogP contribution >= 0.6 is 0 Å². The standard InChI is InChI=1S/C12H14N2O6/c1-3-20-12(17)9-6-8(13-7(2)11(15)16)4-5-10(9)14(18)19/h4-7,13H,3H2,1-2H3,(H,15,16)/t7-/m1/s1. The number of hydrogen-bond acceptors (Lipinski definition) is 6. The Bertz CT molecular complexity index is 543. The van der Waals surface area contributed by atoms with Gasteiger partial charge >= 0.3 is 11.9 Å². The highest BCUT2D eigenvalue weighted by atomic mass is 16.6. The molecule has 1 aromatic carbocycles. The highest BCUT2D eigenvalue weighted by molar-refractivity contribution is 5.95. The van der Waals surface area contributed by atoms with Crippen molar-refractivity contribution in [3.8, 4) is 0 Å². The Morgan fingerprint density at radius 3 is 2.65 bits per heavy atom. The van der Waals surface area contributed by atoms with E-state index in [1.165, 1.54) is 19.1 Å². The van der Waals surface area contributed by atoms with Crippen LogP contribution in [0.4, 0.5) is 11.4 Å². The van der Waals surface area contributed by atoms with Crippen molar-refractivity contribution >= 4 is 23.3 Å². The van der Waals surface area contributed by atoms with Crippen LogP contribution in [0.1, 0.15) is 24.2 Å². The number of carbonyl (C=O) groups excluding carboxylic acids is 1. The van der Waals surface area contributed by atoms with Crippen LogP contribution in [0.25, 0.3) is 0 Å². The Morgan fingerprint density at radius 1 is 1.50 bits per heavy atom. The quantitative estimate of drug-likeness (QED) is 0.462. The first-order chi connectivity index (χ1) is 9.36. The first kappa shape index (κ1) is 15.4. The number of nitrogens with zero attached hydrogens (tertiary/aromatic N) is 1. The Hall–Kier alpha value is -2.64. The summed E-state index contributed by atoms with van der Waals surface area (Å²) in [5, 5.41) is 22.3. The molecule has 0 heterocycles. The molecule has 0 spiro atoms. The smallest absolute Gasteiger partial charge is 0.345 e. The summed E-state index contributed by atoms with van der Waals surface area (Å²) < 4.78 is 4.74. The van der Waals surface area contributed by atoms with E-state index in [0.29, 0.717) is 0 Å². The van der Waals surface area contributed by atoms with Crippen molar-refractivity contribution in [1.82, 2.24) is 0 Å². The Morgan fingerprint density at radius 2 is 2.15 bits per heavy atom. The van der Waals surface area contributed by atoms with Gasteiger partial charge in [-0.1, -0.05) is 0 Å². The van der Waals surface area contributed by atoms with Gasteiger partial charge in [0, 0.05) is 11.8 Å². The Labute approximate surface area is 114 Å². The number of nitro groups is 1. The van der Waals surface area contributed by atoms with Crippen LogP contribution in [-0.2, 0) is 9.53 Å². The molecule has 0 aliphatic heterocycles. The summed E-state index contributed by atoms with van der Waals surface area (Å²) in [6.07, 6.45) is 0. The van der Waals surface area contributed by atoms with Gasteiger partial charge in [0.05, 0.1) is 11.5 Å². The number of aliphatic carboxylic acids is 1. The number of anilines is 1. The van der Waals surface area contributed by atoms with Gasteiger partial charge in [-0.15, -0.1) is 0 Å². The molecule has 1 rings (SSSR count). The van der Waals surface area contributed by atoms with Crippen molar-refractivity contribution in [2.24, 2.45) is 0 Å². The van der Waals surface area contributed by atoms with Crippen LogP contribution in [0.15, 0.2) is 18.2 Å². The zero-order valence-corrected chi connectivity index (χ0v) is 11.0. The minimum absolute atomic E-state index is 0.0825. The number of benzene rings is 1. The second-order valence-electron chi connectivity index (χ2n) is 3.91. The van der Waals surface area contributed by atoms with Crippen molar-refractivity contribution in [2.75, 3.05) is 11.9 Å². The zero-order valence-electron chi connectivity index (χ0n) is 11.0. The first-order valence-corrected chi connectivity index (χ1v) is 5.81. The normalized spacial score (nSPS) is 11.5. The molecule has 0 fully saturated rings. The summed E-state index contributed by atoms with van der Waals surface area (Å²) in [5.74, 6) is -1.91. The summed E-state index contributed by atoms with van der Waals surface area (Å²) in [5.41, 5.74) is -0.329. The molecule has 0 aliphatic rings. The molecule has 1 atom stereocenters. The van der Waals surface area contributed by atoms with Gasteiger partial charge in [0.1, 0.15) is 11.6 Å². The van der Waals surface area contributed by atoms with E-state index in [-0.39, 0.29) is 17.9 Å². The number of carboxylic acid groups (broad SMARTS) is 1. The number of ether oxygens (including phenoxy) is 1. The van der Waals surface area contributed by atoms with E-state index in [0.717, 1.165) is 6.07 Å². The third kappa shape index (κ3) is 3.67. The molecule has 1 aromatic rings. The van der Waals surface area contributed by atoms with Gasteiger partial charge in [-0.05, 0) is 26.0 Å². The molecule has 0 aliphatic carbocycles. The van der Waals surface area contributed by atoms with Gasteiger partial charge in [0.15, 0.2) is 0 Å². The number of carbonyl (C=O) groups is 2. The van der Waals surface area contributed by atoms with Gasteiger partial charge in [-0.2, -0.15) is 0 Å². The number of esters is 1. The van der Waals surface area contributed by atoms with Crippen LogP contribution < -0.4 is 5.32 Å². The fourth-order valence-electron chi connectivity index (χ4n) is 1.47. The van der Waals surface area contributed by atoms with E-state index < -0.39 is 28.6 Å². The van der Waals surface area contributed by atoms with Gasteiger partial charge < -0.3 is 15.2 Å². The third-order valence-corrected chi connectivity index (χ3v) is 2.44. The summed E-state index contributed by atoms with van der Waals surface area (Å²) in [4.78, 5) is 32.6. The molecule has 8 heteroatoms. The summed E-state index contributed by atoms with van der Waals surface area (Å²) in [6.45, 7) is 3.07. The number of rotatable bonds is 6. The van der Waals surface area contributed by atoms with Gasteiger partial charge in [0.2, 0.25) is 0 Å². The van der Waals surface area contributed by atoms with Gasteiger partial charge in [-0.3, -0.25) is 14.9 Å². The molecule has 8 nitrogen and oxygen atoms in total. The van der Waals surface area contributed by atoms with Gasteiger partial charge in [-0.25, -0.2) is 4.79 Å². The van der Waals surface area contributed by atoms with Crippen LogP contribution in [0.2, 0.25) is 0 Å². The maximum absolute atomic E-state index is 11.7. The molecular weight excluding hydrogens is 268 g/mol. The average molecular weight is 282 g/mol. The minimum atomic E-state index is -1.08. The SMILES string of the molecule is CCOC(=O)c1cc(N[C@H](C)C(=O)O)ccc1[N+](=O)[O-]. The number of carboxylic acids is 1. The van der Waals surface area contributed by atoms with Crippen LogP contribution in [0, 0.1) is 10.1 Å². The maximum atomic E-state index is 11.7. The van der Waals surface area contributed by atoms with E-state index in [1.807, 2.05) is 0 Å². The van der Waals surface area contributed by atoms with Crippen molar-refractivity contribution in [1.29, 1.82) is 0 Å². The minimum Gasteiger partial charge on any atom is -0.480 e. The van der Waals surface area contributed by atoms with E-state index in [9.17, 15) is 19.7 Å². The second kappa shape index (κ2) is 6.50. The lowest BCUT2D eigenvalue weighted by Gasteiger charge is -2.11. The summed E-state index contributed by atoms with van der Waals surface area (Å²) in [7, 11) is 0. The fourth-order valence-corrected chi connectivity index (χ4v) is 1.47. The molecule has 0 unspecified atom stereocenters. The molecule has 108 valence electrons. The molecular formula is C12H14N2O6. The number of nitro benzene ring substituents is 1. The molecule has 0 bridgehead atoms. The number of nitrogens with one attached hydrogen (secondary N) is 1. The predicted molar refractivity (Wildman–Crippen MR) is 69.8 cm³/mol. The zero-order chi connectivity index (χ0) is 15.3. The van der Waals surface area contributed by atoms with Crippen molar-refractivity contribution in [3.05, 3.63) is 33.9 Å². The molecule has 20 heavy (non-hydrogen) atoms. The second-order valence-corrected chi connectivity index (χ2v) is 3.91. The Balaban J connectivity index is 3.13. The van der Waals surface area contributed by atoms with Crippen molar-refractivity contribution in [3.63, 3.8) is 0 Å². The topological polar surface area (TPSA) is 119 Å². The third-order valence-electron chi connectivity index (χ3n) is 2.44. The van der Waals surface area contributed by atoms with E-state index in [4.69, 9.17) is 9.84 Å². The van der Waals surface area contributed by atoms with Crippen LogP contribution in [0.3, 0.4) is 0 Å². The number of hydrogen-bond donors (Lipinski definition) is 2. The van der Waals surface area contributed by atoms with E-state index >= 15 is 0 Å². The van der Waals surface area contributed by atoms with Crippen molar-refractivity contribution in [2.45, 2.75) is 19.9 Å². The lowest BCUT2D eigenvalue weighted by molar-refractivity contribution is -0.385. The molecule has 0 aromatic heterocycles. The molecule has 2 N–H and O–H groups in total. The molecule has 0 saturated carbocycles. The summed E-state index contributed by atoms with van der Waals surface area (Å²) >= 11 is 0. The van der Waals surface area contributed by atoms with Crippen LogP contribution in [-0.4, -0.2) is 34.6 Å². The monoisotopic (exact) mass is 282 g/mol. The predicted octanol–water partition coefficient (Wildman–Crippen LogP) is 1.66. The largest absolute Gasteiger partial charge is 0.480 e. The van der Waals surface area contributed by atoms with Crippen LogP contribution in [0.5, 0.6) is 0 Å². The highest BCUT2D eigenvalue weighted by Gasteiger charge is 2.22. The molecule has 0 radical (unpaired) electrons. The summed E-state index contributed by atoms with van der Waals surface area (Å²) in [6, 6.07) is 2.77. The molecule has 0 amide bonds. The highest BCUT2D eigenvalue weighted by Crippen LogP contribution is 2.24. The lowest BCUT2D eigenvalue weighted by Crippen LogP contribution is -2.25. The van der Waals surface area contributed by atoms with E-state index in [2.05, 4.69) is 5.32 Å². The maximum Gasteiger partial charge on any atom is 0.345 e. The average Bonchev–Trinajstić information content (AvgIpc) is 2.38. The first-order valence-electron chi connectivity index (χ1n) is 5.81. The van der Waals surface area contributed by atoms with Gasteiger partial charge in [0.25, 0.3) is 5.69 Å². The lowest BCUT2D eigenvalue weighted by atomic mass is 10.1. The van der Waals surface area contributed by atoms with E-state index in [1.54, 1.807) is 6.92 Å².